The van der Waals surface area contributed by atoms with E-state index in [1.807, 2.05) is 36.4 Å². The third kappa shape index (κ3) is 4.66. The van der Waals surface area contributed by atoms with E-state index in [1.54, 1.807) is 18.2 Å². The van der Waals surface area contributed by atoms with Crippen molar-refractivity contribution in [1.29, 1.82) is 5.26 Å². The number of urea groups is 1. The molecule has 1 spiro atoms. The monoisotopic (exact) mass is 475 g/mol. The van der Waals surface area contributed by atoms with Gasteiger partial charge >= 0.3 is 12.1 Å². The minimum Gasteiger partial charge on any atom is -0.427 e. The van der Waals surface area contributed by atoms with Crippen LogP contribution in [-0.4, -0.2) is 53.9 Å². The van der Waals surface area contributed by atoms with Crippen LogP contribution in [0.1, 0.15) is 29.5 Å². The van der Waals surface area contributed by atoms with Gasteiger partial charge in [0.25, 0.3) is 5.91 Å². The Morgan fingerprint density at radius 1 is 1.20 bits per heavy atom. The number of nitrogens with zero attached hydrogens (tertiary/aromatic N) is 3. The van der Waals surface area contributed by atoms with Crippen molar-refractivity contribution in [1.82, 2.24) is 15.1 Å². The Kier molecular flexibility index (Phi) is 6.68. The summed E-state index contributed by atoms with van der Waals surface area (Å²) in [4.78, 5) is 53.2. The fourth-order valence-corrected chi connectivity index (χ4v) is 4.44. The molecule has 1 heterocycles. The zero-order valence-electron chi connectivity index (χ0n) is 19.2. The fourth-order valence-electron chi connectivity index (χ4n) is 4.44. The van der Waals surface area contributed by atoms with Crippen LogP contribution in [0.5, 0.6) is 0 Å². The average Bonchev–Trinajstić information content (AvgIpc) is 3.34. The molecule has 0 bridgehead atoms. The van der Waals surface area contributed by atoms with E-state index in [4.69, 9.17) is 10.00 Å². The van der Waals surface area contributed by atoms with E-state index in [-0.39, 0.29) is 32.0 Å². The predicted octanol–water partition coefficient (Wildman–Crippen LogP) is 2.50. The van der Waals surface area contributed by atoms with Crippen molar-refractivity contribution in [2.24, 2.45) is 0 Å². The van der Waals surface area contributed by atoms with Crippen LogP contribution in [0.2, 0.25) is 0 Å². The summed E-state index contributed by atoms with van der Waals surface area (Å²) in [6, 6.07) is 16.0. The summed E-state index contributed by atoms with van der Waals surface area (Å²) in [5.41, 5.74) is 1.29. The van der Waals surface area contributed by atoms with Crippen LogP contribution in [0.15, 0.2) is 48.5 Å². The number of nitrogens with one attached hydrogen (secondary N) is 2. The lowest BCUT2D eigenvalue weighted by Gasteiger charge is -2.24. The molecule has 0 aromatic heterocycles. The van der Waals surface area contributed by atoms with Crippen LogP contribution in [0.25, 0.3) is 0 Å². The van der Waals surface area contributed by atoms with Gasteiger partial charge in [0.15, 0.2) is 0 Å². The molecular formula is C25H25N5O5. The number of hydrogen-bond donors (Lipinski definition) is 2. The molecule has 2 N–H and O–H groups in total. The van der Waals surface area contributed by atoms with Crippen molar-refractivity contribution in [3.8, 4) is 6.07 Å². The van der Waals surface area contributed by atoms with Crippen molar-refractivity contribution >= 4 is 29.6 Å². The molecule has 2 aliphatic rings. The summed E-state index contributed by atoms with van der Waals surface area (Å²) in [6.45, 7) is -0.0345. The minimum absolute atomic E-state index is 0.126. The number of amides is 5. The van der Waals surface area contributed by atoms with Gasteiger partial charge in [0.05, 0.1) is 12.5 Å². The van der Waals surface area contributed by atoms with E-state index in [0.29, 0.717) is 17.7 Å². The summed E-state index contributed by atoms with van der Waals surface area (Å²) in [5.74, 6) is -1.03. The number of rotatable bonds is 7. The molecule has 0 radical (unpaired) electrons. The SMILES string of the molecule is CNC(=O)Nc1ccc2c(c1)CC[C@@]21OC(=O)N(CC(=O)N(CCC#N)Cc2ccccc2)C1=O. The maximum Gasteiger partial charge on any atom is 0.418 e. The second-order valence-corrected chi connectivity index (χ2v) is 8.37. The van der Waals surface area contributed by atoms with Crippen molar-refractivity contribution in [3.05, 3.63) is 65.2 Å². The number of aryl methyl sites for hydroxylation is 1. The lowest BCUT2D eigenvalue weighted by molar-refractivity contribution is -0.142. The van der Waals surface area contributed by atoms with Crippen molar-refractivity contribution < 1.29 is 23.9 Å². The second kappa shape index (κ2) is 9.85. The highest BCUT2D eigenvalue weighted by Crippen LogP contribution is 2.46. The second-order valence-electron chi connectivity index (χ2n) is 8.37. The van der Waals surface area contributed by atoms with Gasteiger partial charge in [0, 0.05) is 37.8 Å². The zero-order valence-corrected chi connectivity index (χ0v) is 19.2. The summed E-state index contributed by atoms with van der Waals surface area (Å²) in [5, 5.41) is 14.1. The molecule has 1 atom stereocenters. The maximum atomic E-state index is 13.4. The molecule has 1 saturated heterocycles. The Balaban J connectivity index is 1.51. The van der Waals surface area contributed by atoms with Gasteiger partial charge in [-0.05, 0) is 29.7 Å². The summed E-state index contributed by atoms with van der Waals surface area (Å²) >= 11 is 0. The van der Waals surface area contributed by atoms with Crippen LogP contribution >= 0.6 is 0 Å². The van der Waals surface area contributed by atoms with Gasteiger partial charge < -0.3 is 20.3 Å². The molecule has 4 rings (SSSR count). The van der Waals surface area contributed by atoms with Crippen LogP contribution < -0.4 is 10.6 Å². The third-order valence-corrected chi connectivity index (χ3v) is 6.20. The highest BCUT2D eigenvalue weighted by atomic mass is 16.6. The van der Waals surface area contributed by atoms with Gasteiger partial charge in [0.1, 0.15) is 6.54 Å². The predicted molar refractivity (Wildman–Crippen MR) is 125 cm³/mol. The molecule has 1 fully saturated rings. The Hall–Kier alpha value is -4.39. The zero-order chi connectivity index (χ0) is 25.0. The first-order valence-corrected chi connectivity index (χ1v) is 11.2. The molecule has 35 heavy (non-hydrogen) atoms. The highest BCUT2D eigenvalue weighted by Gasteiger charge is 2.58. The molecule has 180 valence electrons. The molecule has 0 unspecified atom stereocenters. The molecule has 10 heteroatoms. The van der Waals surface area contributed by atoms with Crippen LogP contribution in [0.4, 0.5) is 15.3 Å². The van der Waals surface area contributed by atoms with Crippen molar-refractivity contribution in [3.63, 3.8) is 0 Å². The summed E-state index contributed by atoms with van der Waals surface area (Å²) in [6.07, 6.45) is -0.0188. The molecule has 10 nitrogen and oxygen atoms in total. The van der Waals surface area contributed by atoms with Gasteiger partial charge in [0.2, 0.25) is 11.5 Å². The topological polar surface area (TPSA) is 132 Å². The molecule has 1 aliphatic carbocycles. The molecule has 1 aliphatic heterocycles. The van der Waals surface area contributed by atoms with Crippen LogP contribution in [0, 0.1) is 11.3 Å². The van der Waals surface area contributed by atoms with Gasteiger partial charge in [-0.3, -0.25) is 9.59 Å². The van der Waals surface area contributed by atoms with Gasteiger partial charge in [-0.2, -0.15) is 5.26 Å². The first-order valence-electron chi connectivity index (χ1n) is 11.2. The van der Waals surface area contributed by atoms with E-state index in [0.717, 1.165) is 16.0 Å². The highest BCUT2D eigenvalue weighted by molar-refractivity contribution is 6.06. The maximum absolute atomic E-state index is 13.4. The van der Waals surface area contributed by atoms with E-state index >= 15 is 0 Å². The normalized spacial score (nSPS) is 18.1. The smallest absolute Gasteiger partial charge is 0.418 e. The summed E-state index contributed by atoms with van der Waals surface area (Å²) in [7, 11) is 1.51. The number of benzene rings is 2. The van der Waals surface area contributed by atoms with Gasteiger partial charge in [-0.1, -0.05) is 36.4 Å². The summed E-state index contributed by atoms with van der Waals surface area (Å²) < 4.78 is 5.60. The number of carbonyl (C=O) groups is 4. The number of carbonyl (C=O) groups excluding carboxylic acids is 4. The first-order chi connectivity index (χ1) is 16.9. The van der Waals surface area contributed by atoms with E-state index in [2.05, 4.69) is 10.6 Å². The molecule has 2 aromatic carbocycles. The molecule has 5 amide bonds. The van der Waals surface area contributed by atoms with Crippen LogP contribution in [0.3, 0.4) is 0 Å². The fraction of sp³-hybridized carbons (Fsp3) is 0.320. The van der Waals surface area contributed by atoms with E-state index in [9.17, 15) is 19.2 Å². The van der Waals surface area contributed by atoms with Crippen molar-refractivity contribution in [2.45, 2.75) is 31.4 Å². The Labute approximate surface area is 202 Å². The number of nitriles is 1. The standard InChI is InChI=1S/C25H25N5O5/c1-27-23(33)28-19-8-9-20-18(14-19)10-11-25(20)22(32)30(24(34)35-25)16-21(31)29(13-5-12-26)15-17-6-3-2-4-7-17/h2-4,6-9,14H,5,10-11,13,15-16H2,1H3,(H2,27,28,33)/t25-/m1/s1. The number of fused-ring (bicyclic) bond motifs is 2. The number of ether oxygens (including phenoxy) is 1. The van der Waals surface area contributed by atoms with Crippen LogP contribution in [-0.2, 0) is 32.9 Å². The molecular weight excluding hydrogens is 450 g/mol. The Morgan fingerprint density at radius 2 is 1.97 bits per heavy atom. The van der Waals surface area contributed by atoms with Gasteiger partial charge in [-0.15, -0.1) is 0 Å². The van der Waals surface area contributed by atoms with Crippen molar-refractivity contribution in [2.75, 3.05) is 25.5 Å². The molecule has 0 saturated carbocycles. The molecule has 2 aromatic rings. The number of anilines is 1. The van der Waals surface area contributed by atoms with Gasteiger partial charge in [-0.25, -0.2) is 14.5 Å². The number of hydrogen-bond acceptors (Lipinski definition) is 6. The first kappa shape index (κ1) is 23.8. The Bertz CT molecular complexity index is 1210. The average molecular weight is 476 g/mol. The number of imide groups is 1. The van der Waals surface area contributed by atoms with E-state index in [1.165, 1.54) is 11.9 Å². The minimum atomic E-state index is -1.48. The largest absolute Gasteiger partial charge is 0.427 e. The third-order valence-electron chi connectivity index (χ3n) is 6.20. The lowest BCUT2D eigenvalue weighted by Crippen LogP contribution is -2.44. The lowest BCUT2D eigenvalue weighted by atomic mass is 9.94. The quantitative estimate of drug-likeness (QED) is 0.632. The van der Waals surface area contributed by atoms with E-state index < -0.39 is 30.1 Å². The Morgan fingerprint density at radius 3 is 2.69 bits per heavy atom.